The first-order valence-corrected chi connectivity index (χ1v) is 29.9. The van der Waals surface area contributed by atoms with Crippen LogP contribution in [-0.4, -0.2) is 73.4 Å². The van der Waals surface area contributed by atoms with E-state index < -0.39 is 20.0 Å². The Labute approximate surface area is 437 Å². The van der Waals surface area contributed by atoms with Gasteiger partial charge in [-0.25, -0.2) is 4.57 Å². The lowest BCUT2D eigenvalue weighted by Gasteiger charge is -2.25. The van der Waals surface area contributed by atoms with Gasteiger partial charge in [-0.1, -0.05) is 225 Å². The number of aliphatic hydroxyl groups excluding tert-OH is 1. The van der Waals surface area contributed by atoms with E-state index in [9.17, 15) is 19.4 Å². The second kappa shape index (κ2) is 51.8. The van der Waals surface area contributed by atoms with Gasteiger partial charge >= 0.3 is 7.82 Å². The molecule has 0 aromatic rings. The van der Waals surface area contributed by atoms with Crippen molar-refractivity contribution < 1.29 is 32.9 Å². The van der Waals surface area contributed by atoms with Crippen molar-refractivity contribution in [1.29, 1.82) is 0 Å². The highest BCUT2D eigenvalue weighted by Gasteiger charge is 2.27. The van der Waals surface area contributed by atoms with Crippen molar-refractivity contribution in [3.8, 4) is 0 Å². The zero-order valence-corrected chi connectivity index (χ0v) is 47.1. The molecule has 0 rings (SSSR count). The number of nitrogens with one attached hydrogen (secondary N) is 1. The highest BCUT2D eigenvalue weighted by molar-refractivity contribution is 7.47. The summed E-state index contributed by atoms with van der Waals surface area (Å²) in [4.78, 5) is 23.3. The summed E-state index contributed by atoms with van der Waals surface area (Å²) in [5.74, 6) is -0.227. The lowest BCUT2D eigenvalue weighted by Crippen LogP contribution is -2.45. The van der Waals surface area contributed by atoms with Gasteiger partial charge in [0, 0.05) is 6.42 Å². The average Bonchev–Trinajstić information content (AvgIpc) is 3.33. The van der Waals surface area contributed by atoms with Crippen LogP contribution in [0.2, 0.25) is 0 Å². The van der Waals surface area contributed by atoms with Crippen molar-refractivity contribution in [1.82, 2.24) is 5.32 Å². The summed E-state index contributed by atoms with van der Waals surface area (Å²) in [6.07, 6.45) is 77.3. The van der Waals surface area contributed by atoms with E-state index in [4.69, 9.17) is 9.05 Å². The number of nitrogens with zero attached hydrogens (tertiary/aromatic N) is 1. The predicted octanol–water partition coefficient (Wildman–Crippen LogP) is 17.4. The third kappa shape index (κ3) is 54.5. The SMILES string of the molecule is CC/C=C\C/C=C\C/C=C\C/C=C\C/C=C\C/C=C\C/C=C\CCCCCC(=O)NC(COP(=O)(O)OCC[N+](C)(C)C)C(O)/C=C/CC/C=C/CC/C=C/CCCCCCCCCCCCCCCC. The molecule has 0 saturated heterocycles. The minimum absolute atomic E-state index is 0.0395. The van der Waals surface area contributed by atoms with E-state index >= 15 is 0 Å². The molecule has 8 nitrogen and oxygen atoms in total. The molecule has 0 radical (unpaired) electrons. The number of hydrogen-bond acceptors (Lipinski definition) is 5. The molecular formula is C62H108N2O6P+. The quantitative estimate of drug-likeness (QED) is 0.0243. The topological polar surface area (TPSA) is 105 Å². The highest BCUT2D eigenvalue weighted by atomic mass is 31.2. The van der Waals surface area contributed by atoms with Gasteiger partial charge < -0.3 is 19.8 Å². The predicted molar refractivity (Wildman–Crippen MR) is 308 cm³/mol. The second-order valence-corrected chi connectivity index (χ2v) is 21.4. The molecule has 3 atom stereocenters. The molecule has 0 spiro atoms. The van der Waals surface area contributed by atoms with Crippen LogP contribution in [0.4, 0.5) is 0 Å². The lowest BCUT2D eigenvalue weighted by atomic mass is 10.0. The molecule has 0 aliphatic rings. The van der Waals surface area contributed by atoms with Crippen LogP contribution >= 0.6 is 7.82 Å². The third-order valence-corrected chi connectivity index (χ3v) is 12.9. The molecule has 0 bridgehead atoms. The van der Waals surface area contributed by atoms with Crippen molar-refractivity contribution in [2.45, 2.75) is 225 Å². The molecule has 0 aliphatic carbocycles. The van der Waals surface area contributed by atoms with Gasteiger partial charge in [0.15, 0.2) is 0 Å². The average molecular weight is 1010 g/mol. The number of carbonyl (C=O) groups excluding carboxylic acids is 1. The molecular weight excluding hydrogens is 900 g/mol. The van der Waals surface area contributed by atoms with Crippen LogP contribution in [0, 0.1) is 0 Å². The summed E-state index contributed by atoms with van der Waals surface area (Å²) in [5.41, 5.74) is 0. The van der Waals surface area contributed by atoms with Gasteiger partial charge in [0.2, 0.25) is 5.91 Å². The third-order valence-electron chi connectivity index (χ3n) is 11.9. The largest absolute Gasteiger partial charge is 0.472 e. The Morgan fingerprint density at radius 2 is 0.859 bits per heavy atom. The van der Waals surface area contributed by atoms with E-state index in [0.717, 1.165) is 89.9 Å². The van der Waals surface area contributed by atoms with E-state index in [0.29, 0.717) is 23.9 Å². The Morgan fingerprint density at radius 1 is 0.493 bits per heavy atom. The highest BCUT2D eigenvalue weighted by Crippen LogP contribution is 2.43. The van der Waals surface area contributed by atoms with Gasteiger partial charge in [-0.15, -0.1) is 0 Å². The number of allylic oxidation sites excluding steroid dienone is 19. The Morgan fingerprint density at radius 3 is 1.30 bits per heavy atom. The van der Waals surface area contributed by atoms with Crippen molar-refractivity contribution in [3.05, 3.63) is 122 Å². The maximum atomic E-state index is 13.0. The van der Waals surface area contributed by atoms with E-state index in [1.165, 1.54) is 96.3 Å². The molecule has 71 heavy (non-hydrogen) atoms. The smallest absolute Gasteiger partial charge is 0.387 e. The zero-order chi connectivity index (χ0) is 52.0. The number of hydrogen-bond donors (Lipinski definition) is 3. The summed E-state index contributed by atoms with van der Waals surface area (Å²) in [6.45, 7) is 4.64. The van der Waals surface area contributed by atoms with E-state index in [1.54, 1.807) is 6.08 Å². The normalized spacial score (nSPS) is 14.9. The first-order chi connectivity index (χ1) is 34.5. The van der Waals surface area contributed by atoms with Crippen molar-refractivity contribution in [2.75, 3.05) is 40.9 Å². The molecule has 0 heterocycles. The lowest BCUT2D eigenvalue weighted by molar-refractivity contribution is -0.870. The standard InChI is InChI=1S/C62H107N2O6P/c1-6-8-10-12-14-16-18-20-22-24-26-28-30-32-34-36-38-40-42-44-46-48-50-52-54-56-62(66)63-60(59-70-71(67,68)69-58-57-64(3,4)5)61(65)55-53-51-49-47-45-43-41-39-37-35-33-31-29-27-25-23-21-19-17-15-13-11-9-7-2/h8,10,14,16,20,22,26,28,32,34,37-40,44-47,53,55,60-61,65H,6-7,9,11-13,15,17-19,21,23-25,27,29-31,33,35-36,41-43,48-52,54,56-59H2,1-5H3,(H-,63,66,67,68)/p+1/b10-8-,16-14-,22-20-,28-26-,34-32-,39-37+,40-38-,46-44-,47-45+,55-53+. The van der Waals surface area contributed by atoms with E-state index in [2.05, 4.69) is 129 Å². The number of unbranched alkanes of at least 4 members (excludes halogenated alkanes) is 19. The Bertz CT molecular complexity index is 1560. The van der Waals surface area contributed by atoms with E-state index in [-0.39, 0.29) is 19.1 Å². The molecule has 3 N–H and O–H groups in total. The van der Waals surface area contributed by atoms with Gasteiger partial charge in [0.1, 0.15) is 13.2 Å². The summed E-state index contributed by atoms with van der Waals surface area (Å²) in [5, 5.41) is 13.9. The number of rotatable bonds is 50. The maximum absolute atomic E-state index is 13.0. The molecule has 3 unspecified atom stereocenters. The van der Waals surface area contributed by atoms with Crippen molar-refractivity contribution in [3.63, 3.8) is 0 Å². The number of phosphoric acid groups is 1. The van der Waals surface area contributed by atoms with Gasteiger partial charge in [-0.2, -0.15) is 0 Å². The summed E-state index contributed by atoms with van der Waals surface area (Å²) in [6, 6.07) is -0.898. The van der Waals surface area contributed by atoms with Gasteiger partial charge in [0.05, 0.1) is 39.9 Å². The molecule has 0 aromatic heterocycles. The Kier molecular flexibility index (Phi) is 49.5. The number of phosphoric ester groups is 1. The number of amides is 1. The molecule has 0 aromatic carbocycles. The van der Waals surface area contributed by atoms with Crippen LogP contribution in [0.1, 0.15) is 213 Å². The first-order valence-electron chi connectivity index (χ1n) is 28.4. The number of carbonyl (C=O) groups is 1. The minimum atomic E-state index is -4.38. The van der Waals surface area contributed by atoms with Gasteiger partial charge in [-0.05, 0) is 103 Å². The fourth-order valence-electron chi connectivity index (χ4n) is 7.46. The van der Waals surface area contributed by atoms with Crippen LogP contribution in [0.25, 0.3) is 0 Å². The molecule has 406 valence electrons. The van der Waals surface area contributed by atoms with Crippen LogP contribution in [0.5, 0.6) is 0 Å². The molecule has 1 amide bonds. The maximum Gasteiger partial charge on any atom is 0.472 e. The first kappa shape index (κ1) is 67.9. The van der Waals surface area contributed by atoms with Crippen LogP contribution in [0.15, 0.2) is 122 Å². The number of likely N-dealkylation sites (N-methyl/N-ethyl adjacent to an activating group) is 1. The van der Waals surface area contributed by atoms with Crippen molar-refractivity contribution in [2.24, 2.45) is 0 Å². The fraction of sp³-hybridized carbons (Fsp3) is 0.661. The monoisotopic (exact) mass is 1010 g/mol. The minimum Gasteiger partial charge on any atom is -0.387 e. The van der Waals surface area contributed by atoms with E-state index in [1.807, 2.05) is 27.2 Å². The van der Waals surface area contributed by atoms with Gasteiger partial charge in [-0.3, -0.25) is 13.8 Å². The van der Waals surface area contributed by atoms with Crippen molar-refractivity contribution >= 4 is 13.7 Å². The molecule has 0 fully saturated rings. The summed E-state index contributed by atoms with van der Waals surface area (Å²) in [7, 11) is 1.50. The number of aliphatic hydroxyl groups is 1. The Balaban J connectivity index is 4.43. The summed E-state index contributed by atoms with van der Waals surface area (Å²) >= 11 is 0. The molecule has 0 aliphatic heterocycles. The summed E-state index contributed by atoms with van der Waals surface area (Å²) < 4.78 is 23.7. The van der Waals surface area contributed by atoms with Gasteiger partial charge in [0.25, 0.3) is 0 Å². The second-order valence-electron chi connectivity index (χ2n) is 19.9. The van der Waals surface area contributed by atoms with Crippen LogP contribution < -0.4 is 5.32 Å². The van der Waals surface area contributed by atoms with Crippen LogP contribution in [0.3, 0.4) is 0 Å². The van der Waals surface area contributed by atoms with Crippen LogP contribution in [-0.2, 0) is 18.4 Å². The fourth-order valence-corrected chi connectivity index (χ4v) is 8.20. The Hall–Kier alpha value is -3.10. The molecule has 0 saturated carbocycles. The zero-order valence-electron chi connectivity index (χ0n) is 46.2. The number of quaternary nitrogens is 1. The molecule has 9 heteroatoms.